The highest BCUT2D eigenvalue weighted by molar-refractivity contribution is 7.98. The summed E-state index contributed by atoms with van der Waals surface area (Å²) in [5, 5.41) is 2.02. The summed E-state index contributed by atoms with van der Waals surface area (Å²) in [5.74, 6) is 2.35. The molecule has 0 aliphatic rings. The van der Waals surface area contributed by atoms with Crippen molar-refractivity contribution in [3.8, 4) is 0 Å². The fraction of sp³-hybridized carbons (Fsp3) is 0.462. The van der Waals surface area contributed by atoms with Crippen molar-refractivity contribution in [2.24, 2.45) is 0 Å². The quantitative estimate of drug-likeness (QED) is 0.385. The summed E-state index contributed by atoms with van der Waals surface area (Å²) < 4.78 is 0. The maximum absolute atomic E-state index is 11.9. The molecule has 1 aromatic heterocycles. The van der Waals surface area contributed by atoms with Gasteiger partial charge < -0.3 is 0 Å². The number of thiophene rings is 1. The summed E-state index contributed by atoms with van der Waals surface area (Å²) in [6, 6.07) is 2.08. The minimum absolute atomic E-state index is 0.295. The molecule has 0 N–H and O–H groups in total. The molecule has 0 saturated heterocycles. The Morgan fingerprint density at radius 2 is 2.44 bits per heavy atom. The number of thioether (sulfide) groups is 1. The van der Waals surface area contributed by atoms with Crippen LogP contribution < -0.4 is 0 Å². The molecule has 0 aliphatic heterocycles. The molecule has 0 fully saturated rings. The second kappa shape index (κ2) is 7.69. The predicted octanol–water partition coefficient (Wildman–Crippen LogP) is 4.54. The Hall–Kier alpha value is -0.540. The van der Waals surface area contributed by atoms with Crippen LogP contribution in [0.15, 0.2) is 24.1 Å². The number of unbranched alkanes of at least 4 members (excludes halogenated alkanes) is 1. The van der Waals surface area contributed by atoms with E-state index in [1.807, 2.05) is 23.2 Å². The third kappa shape index (κ3) is 4.14. The van der Waals surface area contributed by atoms with Crippen LogP contribution in [0.2, 0.25) is 0 Å². The van der Waals surface area contributed by atoms with E-state index in [1.165, 1.54) is 5.56 Å². The van der Waals surface area contributed by atoms with Crippen molar-refractivity contribution < 1.29 is 4.79 Å². The molecule has 1 heterocycles. The van der Waals surface area contributed by atoms with E-state index in [2.05, 4.69) is 19.6 Å². The minimum Gasteiger partial charge on any atom is -0.293 e. The Bertz CT molecular complexity index is 341. The molecule has 1 nitrogen and oxygen atoms in total. The highest BCUT2D eigenvalue weighted by atomic mass is 32.2. The molecule has 1 rings (SSSR count). The Kier molecular flexibility index (Phi) is 6.50. The molecular weight excluding hydrogens is 236 g/mol. The van der Waals surface area contributed by atoms with Gasteiger partial charge in [0, 0.05) is 12.2 Å². The van der Waals surface area contributed by atoms with Crippen LogP contribution in [0, 0.1) is 0 Å². The van der Waals surface area contributed by atoms with Gasteiger partial charge in [-0.2, -0.15) is 11.8 Å². The topological polar surface area (TPSA) is 17.1 Å². The van der Waals surface area contributed by atoms with Gasteiger partial charge in [0.25, 0.3) is 0 Å². The molecule has 0 aromatic carbocycles. The van der Waals surface area contributed by atoms with Crippen molar-refractivity contribution in [1.82, 2.24) is 0 Å². The molecular formula is C13H18OS2. The molecule has 3 heteroatoms. The fourth-order valence-electron chi connectivity index (χ4n) is 1.43. The SMILES string of the molecule is C=CCCCC(=O)c1sccc1CSCC. The molecule has 16 heavy (non-hydrogen) atoms. The van der Waals surface area contributed by atoms with Crippen molar-refractivity contribution >= 4 is 28.9 Å². The third-order valence-electron chi connectivity index (χ3n) is 2.27. The Morgan fingerprint density at radius 1 is 1.62 bits per heavy atom. The zero-order valence-corrected chi connectivity index (χ0v) is 11.3. The smallest absolute Gasteiger partial charge is 0.173 e. The third-order valence-corrected chi connectivity index (χ3v) is 4.19. The summed E-state index contributed by atoms with van der Waals surface area (Å²) in [5.41, 5.74) is 1.21. The van der Waals surface area contributed by atoms with Gasteiger partial charge in [-0.1, -0.05) is 13.0 Å². The van der Waals surface area contributed by atoms with Crippen LogP contribution in [-0.2, 0) is 5.75 Å². The lowest BCUT2D eigenvalue weighted by atomic mass is 10.1. The second-order valence-corrected chi connectivity index (χ2v) is 5.71. The maximum Gasteiger partial charge on any atom is 0.173 e. The number of carbonyl (C=O) groups is 1. The first-order chi connectivity index (χ1) is 7.79. The van der Waals surface area contributed by atoms with Gasteiger partial charge in [-0.25, -0.2) is 0 Å². The lowest BCUT2D eigenvalue weighted by Gasteiger charge is -2.01. The number of ketones is 1. The zero-order chi connectivity index (χ0) is 11.8. The summed E-state index contributed by atoms with van der Waals surface area (Å²) >= 11 is 3.44. The van der Waals surface area contributed by atoms with Gasteiger partial charge >= 0.3 is 0 Å². The molecule has 0 saturated carbocycles. The first-order valence-electron chi connectivity index (χ1n) is 5.57. The lowest BCUT2D eigenvalue weighted by molar-refractivity contribution is 0.0984. The first kappa shape index (κ1) is 13.5. The summed E-state index contributed by atoms with van der Waals surface area (Å²) in [4.78, 5) is 12.9. The van der Waals surface area contributed by atoms with Crippen molar-refractivity contribution in [3.63, 3.8) is 0 Å². The average Bonchev–Trinajstić information content (AvgIpc) is 2.74. The normalized spacial score (nSPS) is 10.3. The van der Waals surface area contributed by atoms with Crippen molar-refractivity contribution in [2.75, 3.05) is 5.75 Å². The van der Waals surface area contributed by atoms with Crippen LogP contribution in [-0.4, -0.2) is 11.5 Å². The molecule has 0 atom stereocenters. The molecule has 1 aromatic rings. The first-order valence-corrected chi connectivity index (χ1v) is 7.61. The standard InChI is InChI=1S/C13H18OS2/c1-3-5-6-7-12(14)13-11(8-9-16-13)10-15-4-2/h3,8-9H,1,4-7,10H2,2H3. The van der Waals surface area contributed by atoms with Crippen LogP contribution >= 0.6 is 23.1 Å². The molecule has 0 unspecified atom stereocenters. The number of rotatable bonds is 8. The molecule has 0 bridgehead atoms. The highest BCUT2D eigenvalue weighted by Crippen LogP contribution is 2.23. The van der Waals surface area contributed by atoms with Crippen LogP contribution in [0.4, 0.5) is 0 Å². The molecule has 0 amide bonds. The van der Waals surface area contributed by atoms with Crippen molar-refractivity contribution in [1.29, 1.82) is 0 Å². The van der Waals surface area contributed by atoms with Crippen LogP contribution in [0.25, 0.3) is 0 Å². The number of carbonyl (C=O) groups excluding carboxylic acids is 1. The van der Waals surface area contributed by atoms with E-state index in [0.717, 1.165) is 29.2 Å². The lowest BCUT2D eigenvalue weighted by Crippen LogP contribution is -1.99. The van der Waals surface area contributed by atoms with Crippen LogP contribution in [0.3, 0.4) is 0 Å². The largest absolute Gasteiger partial charge is 0.293 e. The van der Waals surface area contributed by atoms with E-state index in [4.69, 9.17) is 0 Å². The summed E-state index contributed by atoms with van der Waals surface area (Å²) in [6.07, 6.45) is 4.36. The number of hydrogen-bond acceptors (Lipinski definition) is 3. The van der Waals surface area contributed by atoms with Crippen LogP contribution in [0.5, 0.6) is 0 Å². The van der Waals surface area contributed by atoms with E-state index in [0.29, 0.717) is 12.2 Å². The van der Waals surface area contributed by atoms with E-state index in [1.54, 1.807) is 11.3 Å². The fourth-order valence-corrected chi connectivity index (χ4v) is 3.08. The van der Waals surface area contributed by atoms with Crippen LogP contribution in [0.1, 0.15) is 41.4 Å². The van der Waals surface area contributed by atoms with Gasteiger partial charge in [-0.05, 0) is 35.6 Å². The molecule has 88 valence electrons. The highest BCUT2D eigenvalue weighted by Gasteiger charge is 2.12. The van der Waals surface area contributed by atoms with Gasteiger partial charge in [0.15, 0.2) is 5.78 Å². The molecule has 0 aliphatic carbocycles. The summed E-state index contributed by atoms with van der Waals surface area (Å²) in [6.45, 7) is 5.81. The Labute approximate surface area is 106 Å². The monoisotopic (exact) mass is 254 g/mol. The Balaban J connectivity index is 2.53. The summed E-state index contributed by atoms with van der Waals surface area (Å²) in [7, 11) is 0. The van der Waals surface area contributed by atoms with Gasteiger partial charge in [0.2, 0.25) is 0 Å². The van der Waals surface area contributed by atoms with Gasteiger partial charge in [-0.3, -0.25) is 4.79 Å². The second-order valence-electron chi connectivity index (χ2n) is 3.52. The van der Waals surface area contributed by atoms with E-state index < -0.39 is 0 Å². The van der Waals surface area contributed by atoms with E-state index >= 15 is 0 Å². The van der Waals surface area contributed by atoms with E-state index in [-0.39, 0.29) is 0 Å². The number of Topliss-reactive ketones (excluding diaryl/α,β-unsaturated/α-hetero) is 1. The van der Waals surface area contributed by atoms with Gasteiger partial charge in [-0.15, -0.1) is 17.9 Å². The average molecular weight is 254 g/mol. The van der Waals surface area contributed by atoms with Gasteiger partial charge in [0.1, 0.15) is 0 Å². The molecule has 0 radical (unpaired) electrons. The number of allylic oxidation sites excluding steroid dienone is 1. The van der Waals surface area contributed by atoms with Crippen molar-refractivity contribution in [3.05, 3.63) is 34.5 Å². The number of hydrogen-bond donors (Lipinski definition) is 0. The maximum atomic E-state index is 11.9. The predicted molar refractivity (Wildman–Crippen MR) is 74.5 cm³/mol. The van der Waals surface area contributed by atoms with E-state index in [9.17, 15) is 4.79 Å². The molecule has 0 spiro atoms. The Morgan fingerprint density at radius 3 is 3.12 bits per heavy atom. The zero-order valence-electron chi connectivity index (χ0n) is 9.70. The van der Waals surface area contributed by atoms with Gasteiger partial charge in [0.05, 0.1) is 4.88 Å². The minimum atomic E-state index is 0.295. The van der Waals surface area contributed by atoms with Crippen molar-refractivity contribution in [2.45, 2.75) is 31.9 Å².